The van der Waals surface area contributed by atoms with Crippen molar-refractivity contribution in [3.63, 3.8) is 0 Å². The van der Waals surface area contributed by atoms with E-state index in [1.165, 1.54) is 0 Å². The predicted molar refractivity (Wildman–Crippen MR) is 95.0 cm³/mol. The van der Waals surface area contributed by atoms with E-state index in [0.29, 0.717) is 19.1 Å². The number of carbonyl (C=O) groups is 1. The fraction of sp³-hybridized carbons (Fsp3) is 0.444. The van der Waals surface area contributed by atoms with E-state index >= 15 is 0 Å². The van der Waals surface area contributed by atoms with E-state index in [1.807, 2.05) is 49.2 Å². The summed E-state index contributed by atoms with van der Waals surface area (Å²) in [5.74, 6) is 0.890. The second kappa shape index (κ2) is 7.26. The molecule has 0 unspecified atom stereocenters. The molecule has 1 aromatic carbocycles. The molecule has 0 spiro atoms. The average Bonchev–Trinajstić information content (AvgIpc) is 3.26. The zero-order chi connectivity index (χ0) is 17.1. The van der Waals surface area contributed by atoms with Crippen LogP contribution in [0.25, 0.3) is 0 Å². The summed E-state index contributed by atoms with van der Waals surface area (Å²) in [6.45, 7) is 5.17. The molecule has 0 atom stereocenters. The third-order valence-electron chi connectivity index (χ3n) is 4.02. The minimum atomic E-state index is -0.00944. The van der Waals surface area contributed by atoms with Crippen LogP contribution in [0.3, 0.4) is 0 Å². The Bertz CT molecular complexity index is 709. The number of benzene rings is 1. The fourth-order valence-electron chi connectivity index (χ4n) is 2.70. The van der Waals surface area contributed by atoms with Crippen molar-refractivity contribution in [3.05, 3.63) is 53.1 Å². The standard InChI is InChI=1S/C18H23ClN4O/c1-13(2)21-18(24)23(16-6-7-16)12-17-20-8-9-22(17)11-14-4-3-5-15(19)10-14/h3-5,8-10,13,16H,6-7,11-12H2,1-2H3,(H,21,24). The summed E-state index contributed by atoms with van der Waals surface area (Å²) in [6, 6.07) is 8.26. The maximum atomic E-state index is 12.4. The van der Waals surface area contributed by atoms with Gasteiger partial charge in [0.25, 0.3) is 0 Å². The minimum absolute atomic E-state index is 0.00944. The minimum Gasteiger partial charge on any atom is -0.336 e. The van der Waals surface area contributed by atoms with Gasteiger partial charge < -0.3 is 14.8 Å². The second-order valence-corrected chi connectivity index (χ2v) is 7.00. The molecule has 3 rings (SSSR count). The van der Waals surface area contributed by atoms with E-state index < -0.39 is 0 Å². The Kier molecular flexibility index (Phi) is 5.09. The molecule has 0 bridgehead atoms. The highest BCUT2D eigenvalue weighted by Crippen LogP contribution is 2.28. The lowest BCUT2D eigenvalue weighted by molar-refractivity contribution is 0.187. The van der Waals surface area contributed by atoms with Crippen molar-refractivity contribution in [1.29, 1.82) is 0 Å². The number of aromatic nitrogens is 2. The predicted octanol–water partition coefficient (Wildman–Crippen LogP) is 3.67. The fourth-order valence-corrected chi connectivity index (χ4v) is 2.92. The summed E-state index contributed by atoms with van der Waals surface area (Å²) in [5, 5.41) is 3.71. The van der Waals surface area contributed by atoms with Crippen molar-refractivity contribution in [2.45, 2.75) is 51.9 Å². The number of halogens is 1. The molecule has 1 aliphatic carbocycles. The molecule has 1 heterocycles. The van der Waals surface area contributed by atoms with E-state index in [9.17, 15) is 4.79 Å². The summed E-state index contributed by atoms with van der Waals surface area (Å²) < 4.78 is 2.07. The van der Waals surface area contributed by atoms with E-state index in [2.05, 4.69) is 14.9 Å². The number of nitrogens with one attached hydrogen (secondary N) is 1. The largest absolute Gasteiger partial charge is 0.336 e. The molecule has 0 radical (unpaired) electrons. The average molecular weight is 347 g/mol. The number of rotatable bonds is 6. The summed E-state index contributed by atoms with van der Waals surface area (Å²) in [7, 11) is 0. The lowest BCUT2D eigenvalue weighted by atomic mass is 10.2. The number of hydrogen-bond donors (Lipinski definition) is 1. The van der Waals surface area contributed by atoms with Crippen LogP contribution in [0.4, 0.5) is 4.79 Å². The van der Waals surface area contributed by atoms with Gasteiger partial charge in [-0.3, -0.25) is 0 Å². The van der Waals surface area contributed by atoms with Crippen molar-refractivity contribution in [3.8, 4) is 0 Å². The monoisotopic (exact) mass is 346 g/mol. The zero-order valence-electron chi connectivity index (χ0n) is 14.1. The molecule has 2 aromatic rings. The molecular weight excluding hydrogens is 324 g/mol. The zero-order valence-corrected chi connectivity index (χ0v) is 14.8. The molecule has 24 heavy (non-hydrogen) atoms. The first kappa shape index (κ1) is 16.8. The van der Waals surface area contributed by atoms with Crippen LogP contribution in [0.5, 0.6) is 0 Å². The van der Waals surface area contributed by atoms with E-state index in [0.717, 1.165) is 29.3 Å². The van der Waals surface area contributed by atoms with Crippen LogP contribution in [0.2, 0.25) is 5.02 Å². The third kappa shape index (κ3) is 4.29. The van der Waals surface area contributed by atoms with Crippen molar-refractivity contribution >= 4 is 17.6 Å². The van der Waals surface area contributed by atoms with E-state index in [4.69, 9.17) is 11.6 Å². The number of nitrogens with zero attached hydrogens (tertiary/aromatic N) is 3. The summed E-state index contributed by atoms with van der Waals surface area (Å²) in [5.41, 5.74) is 1.12. The van der Waals surface area contributed by atoms with Crippen molar-refractivity contribution in [2.24, 2.45) is 0 Å². The van der Waals surface area contributed by atoms with Gasteiger partial charge >= 0.3 is 6.03 Å². The first-order chi connectivity index (χ1) is 11.5. The molecular formula is C18H23ClN4O. The number of urea groups is 1. The van der Waals surface area contributed by atoms with Crippen LogP contribution in [-0.2, 0) is 13.1 Å². The van der Waals surface area contributed by atoms with Gasteiger partial charge in [-0.25, -0.2) is 9.78 Å². The molecule has 2 amide bonds. The molecule has 1 N–H and O–H groups in total. The highest BCUT2D eigenvalue weighted by atomic mass is 35.5. The number of imidazole rings is 1. The quantitative estimate of drug-likeness (QED) is 0.867. The van der Waals surface area contributed by atoms with Gasteiger partial charge in [-0.2, -0.15) is 0 Å². The molecule has 1 saturated carbocycles. The molecule has 1 fully saturated rings. The normalized spacial score (nSPS) is 14.0. The smallest absolute Gasteiger partial charge is 0.318 e. The van der Waals surface area contributed by atoms with Gasteiger partial charge in [0.15, 0.2) is 0 Å². The Labute approximate surface area is 147 Å². The van der Waals surface area contributed by atoms with Crippen LogP contribution in [0.15, 0.2) is 36.7 Å². The van der Waals surface area contributed by atoms with Crippen LogP contribution in [0.1, 0.15) is 38.1 Å². The molecule has 6 heteroatoms. The first-order valence-electron chi connectivity index (χ1n) is 8.34. The maximum Gasteiger partial charge on any atom is 0.318 e. The summed E-state index contributed by atoms with van der Waals surface area (Å²) >= 11 is 6.06. The lowest BCUT2D eigenvalue weighted by Gasteiger charge is -2.24. The van der Waals surface area contributed by atoms with Gasteiger partial charge in [-0.1, -0.05) is 23.7 Å². The number of hydrogen-bond acceptors (Lipinski definition) is 2. The molecule has 1 aromatic heterocycles. The van der Waals surface area contributed by atoms with E-state index in [-0.39, 0.29) is 12.1 Å². The van der Waals surface area contributed by atoms with Crippen LogP contribution in [-0.4, -0.2) is 32.6 Å². The highest BCUT2D eigenvalue weighted by molar-refractivity contribution is 6.30. The van der Waals surface area contributed by atoms with Gasteiger partial charge in [0.2, 0.25) is 0 Å². The van der Waals surface area contributed by atoms with Crippen molar-refractivity contribution in [2.75, 3.05) is 0 Å². The Morgan fingerprint density at radius 2 is 2.25 bits per heavy atom. The van der Waals surface area contributed by atoms with Gasteiger partial charge in [0, 0.05) is 36.0 Å². The number of carbonyl (C=O) groups excluding carboxylic acids is 1. The molecule has 5 nitrogen and oxygen atoms in total. The number of amides is 2. The maximum absolute atomic E-state index is 12.4. The molecule has 1 aliphatic rings. The Morgan fingerprint density at radius 3 is 2.92 bits per heavy atom. The van der Waals surface area contributed by atoms with Gasteiger partial charge in [-0.05, 0) is 44.4 Å². The molecule has 128 valence electrons. The summed E-state index contributed by atoms with van der Waals surface area (Å²) in [4.78, 5) is 18.8. The first-order valence-corrected chi connectivity index (χ1v) is 8.72. The molecule has 0 aliphatic heterocycles. The van der Waals surface area contributed by atoms with Gasteiger partial charge in [-0.15, -0.1) is 0 Å². The van der Waals surface area contributed by atoms with E-state index in [1.54, 1.807) is 6.20 Å². The van der Waals surface area contributed by atoms with Crippen LogP contribution >= 0.6 is 11.6 Å². The second-order valence-electron chi connectivity index (χ2n) is 6.56. The highest BCUT2D eigenvalue weighted by Gasteiger charge is 2.33. The molecule has 0 saturated heterocycles. The van der Waals surface area contributed by atoms with Crippen LogP contribution < -0.4 is 5.32 Å². The van der Waals surface area contributed by atoms with Crippen molar-refractivity contribution < 1.29 is 4.79 Å². The van der Waals surface area contributed by atoms with Gasteiger partial charge in [0.1, 0.15) is 5.82 Å². The van der Waals surface area contributed by atoms with Crippen LogP contribution in [0, 0.1) is 0 Å². The van der Waals surface area contributed by atoms with Crippen molar-refractivity contribution in [1.82, 2.24) is 19.8 Å². The topological polar surface area (TPSA) is 50.2 Å². The summed E-state index contributed by atoms with van der Waals surface area (Å²) in [6.07, 6.45) is 5.87. The third-order valence-corrected chi connectivity index (χ3v) is 4.25. The SMILES string of the molecule is CC(C)NC(=O)N(Cc1nccn1Cc1cccc(Cl)c1)C1CC1. The van der Waals surface area contributed by atoms with Gasteiger partial charge in [0.05, 0.1) is 6.54 Å². The lowest BCUT2D eigenvalue weighted by Crippen LogP contribution is -2.44. The Morgan fingerprint density at radius 1 is 1.46 bits per heavy atom. The Hall–Kier alpha value is -2.01. The Balaban J connectivity index is 1.73.